The van der Waals surface area contributed by atoms with Crippen molar-refractivity contribution < 1.29 is 27.5 Å². The van der Waals surface area contributed by atoms with Crippen molar-refractivity contribution in [1.82, 2.24) is 15.3 Å². The molecule has 1 aliphatic heterocycles. The van der Waals surface area contributed by atoms with E-state index >= 15 is 4.39 Å². The van der Waals surface area contributed by atoms with Crippen LogP contribution in [0.5, 0.6) is 0 Å². The molecular formula is C26H19F3N4O3. The topological polar surface area (TPSA) is 93.2 Å². The van der Waals surface area contributed by atoms with Gasteiger partial charge in [-0.2, -0.15) is 0 Å². The smallest absolute Gasteiger partial charge is 0.255 e. The highest BCUT2D eigenvalue weighted by atomic mass is 19.1. The van der Waals surface area contributed by atoms with Gasteiger partial charge < -0.3 is 15.4 Å². The fraction of sp³-hybridized carbons (Fsp3) is 0.154. The lowest BCUT2D eigenvalue weighted by Crippen LogP contribution is -2.33. The van der Waals surface area contributed by atoms with Crippen molar-refractivity contribution in [2.45, 2.75) is 6.10 Å². The van der Waals surface area contributed by atoms with Gasteiger partial charge in [0.2, 0.25) is 0 Å². The number of ketones is 1. The maximum atomic E-state index is 15.2. The second-order valence-corrected chi connectivity index (χ2v) is 8.14. The summed E-state index contributed by atoms with van der Waals surface area (Å²) in [4.78, 5) is 34.3. The Labute approximate surface area is 203 Å². The Morgan fingerprint density at radius 2 is 1.86 bits per heavy atom. The number of carbonyl (C=O) groups excluding carboxylic acids is 2. The van der Waals surface area contributed by atoms with Crippen LogP contribution in [0.25, 0.3) is 11.0 Å². The molecule has 1 aromatic heterocycles. The maximum absolute atomic E-state index is 15.2. The van der Waals surface area contributed by atoms with Crippen molar-refractivity contribution in [3.63, 3.8) is 0 Å². The number of halogens is 3. The summed E-state index contributed by atoms with van der Waals surface area (Å²) in [5.74, 6) is -4.72. The molecule has 1 aliphatic rings. The number of hydrogen-bond acceptors (Lipinski definition) is 6. The quantitative estimate of drug-likeness (QED) is 0.406. The number of nitrogens with zero attached hydrogens (tertiary/aromatic N) is 2. The lowest BCUT2D eigenvalue weighted by Gasteiger charge is -2.22. The number of ether oxygens (including phenoxy) is 1. The van der Waals surface area contributed by atoms with Gasteiger partial charge in [0.05, 0.1) is 40.8 Å². The van der Waals surface area contributed by atoms with Gasteiger partial charge in [-0.05, 0) is 48.5 Å². The average Bonchev–Trinajstić information content (AvgIpc) is 2.90. The molecule has 2 heterocycles. The van der Waals surface area contributed by atoms with Crippen molar-refractivity contribution in [3.8, 4) is 0 Å². The van der Waals surface area contributed by atoms with Gasteiger partial charge in [-0.15, -0.1) is 0 Å². The lowest BCUT2D eigenvalue weighted by molar-refractivity contribution is 0.0250. The van der Waals surface area contributed by atoms with E-state index in [0.717, 1.165) is 30.8 Å². The molecule has 0 saturated carbocycles. The summed E-state index contributed by atoms with van der Waals surface area (Å²) in [5, 5.41) is 5.47. The molecule has 7 nitrogen and oxygen atoms in total. The van der Waals surface area contributed by atoms with Crippen LogP contribution in [-0.4, -0.2) is 41.4 Å². The van der Waals surface area contributed by atoms with Crippen LogP contribution in [0.2, 0.25) is 0 Å². The first kappa shape index (κ1) is 23.6. The summed E-state index contributed by atoms with van der Waals surface area (Å²) in [5.41, 5.74) is 0.172. The van der Waals surface area contributed by atoms with E-state index in [0.29, 0.717) is 29.9 Å². The first-order valence-electron chi connectivity index (χ1n) is 11.1. The number of aromatic nitrogens is 2. The number of hydrogen-bond donors (Lipinski definition) is 2. The Morgan fingerprint density at radius 1 is 1.00 bits per heavy atom. The number of benzene rings is 3. The van der Waals surface area contributed by atoms with Crippen LogP contribution in [-0.2, 0) is 4.74 Å². The van der Waals surface area contributed by atoms with Crippen LogP contribution in [0.3, 0.4) is 0 Å². The Hall–Kier alpha value is -4.15. The van der Waals surface area contributed by atoms with Crippen molar-refractivity contribution in [1.29, 1.82) is 0 Å². The molecule has 5 rings (SSSR count). The van der Waals surface area contributed by atoms with E-state index in [1.54, 1.807) is 6.07 Å². The van der Waals surface area contributed by atoms with Crippen LogP contribution < -0.4 is 10.6 Å². The second-order valence-electron chi connectivity index (χ2n) is 8.14. The summed E-state index contributed by atoms with van der Waals surface area (Å²) in [6.45, 7) is 1.91. The van der Waals surface area contributed by atoms with Crippen molar-refractivity contribution in [2.75, 3.05) is 25.0 Å². The number of amides is 1. The fourth-order valence-corrected chi connectivity index (χ4v) is 3.90. The van der Waals surface area contributed by atoms with E-state index in [-0.39, 0.29) is 17.2 Å². The predicted octanol–water partition coefficient (Wildman–Crippen LogP) is 4.19. The molecule has 1 saturated heterocycles. The van der Waals surface area contributed by atoms with E-state index in [1.807, 2.05) is 0 Å². The van der Waals surface area contributed by atoms with Crippen LogP contribution in [0, 0.1) is 17.5 Å². The van der Waals surface area contributed by atoms with E-state index in [1.165, 1.54) is 30.5 Å². The zero-order chi connectivity index (χ0) is 25.2. The van der Waals surface area contributed by atoms with E-state index < -0.39 is 40.4 Å². The minimum absolute atomic E-state index is 0.00783. The van der Waals surface area contributed by atoms with Crippen LogP contribution in [0.4, 0.5) is 18.9 Å². The standard InChI is InChI=1S/C26H19F3N4O3/c27-16-3-1-2-15(10-16)26(35)33-19-7-5-17(28)23(24(19)29)25(34)14-4-6-18-20(11-14)31-12-21(32-18)22-13-30-8-9-36-22/h1-7,10-12,22,30H,8-9,13H2,(H,33,35). The maximum Gasteiger partial charge on any atom is 0.255 e. The largest absolute Gasteiger partial charge is 0.369 e. The van der Waals surface area contributed by atoms with E-state index in [4.69, 9.17) is 4.74 Å². The lowest BCUT2D eigenvalue weighted by atomic mass is 10.0. The third-order valence-corrected chi connectivity index (χ3v) is 5.73. The predicted molar refractivity (Wildman–Crippen MR) is 125 cm³/mol. The molecule has 4 aromatic rings. The zero-order valence-electron chi connectivity index (χ0n) is 18.7. The molecule has 3 aromatic carbocycles. The highest BCUT2D eigenvalue weighted by molar-refractivity contribution is 6.12. The number of carbonyl (C=O) groups is 2. The third kappa shape index (κ3) is 4.68. The Kier molecular flexibility index (Phi) is 6.45. The molecule has 1 unspecified atom stereocenters. The molecule has 0 aliphatic carbocycles. The summed E-state index contributed by atoms with van der Waals surface area (Å²) in [7, 11) is 0. The van der Waals surface area contributed by atoms with Crippen molar-refractivity contribution >= 4 is 28.4 Å². The molecule has 1 fully saturated rings. The fourth-order valence-electron chi connectivity index (χ4n) is 3.90. The average molecular weight is 492 g/mol. The van der Waals surface area contributed by atoms with Gasteiger partial charge in [0.25, 0.3) is 5.91 Å². The number of fused-ring (bicyclic) bond motifs is 1. The van der Waals surface area contributed by atoms with Gasteiger partial charge in [0.15, 0.2) is 11.6 Å². The molecule has 1 atom stereocenters. The first-order chi connectivity index (χ1) is 17.4. The van der Waals surface area contributed by atoms with Gasteiger partial charge in [0.1, 0.15) is 17.7 Å². The molecule has 1 amide bonds. The number of anilines is 1. The van der Waals surface area contributed by atoms with Gasteiger partial charge >= 0.3 is 0 Å². The summed E-state index contributed by atoms with van der Waals surface area (Å²) >= 11 is 0. The second kappa shape index (κ2) is 9.84. The number of morpholine rings is 1. The first-order valence-corrected chi connectivity index (χ1v) is 11.1. The Bertz CT molecular complexity index is 1490. The molecule has 0 radical (unpaired) electrons. The molecule has 36 heavy (non-hydrogen) atoms. The van der Waals surface area contributed by atoms with Gasteiger partial charge in [0, 0.05) is 24.2 Å². The van der Waals surface area contributed by atoms with Crippen molar-refractivity contribution in [2.24, 2.45) is 0 Å². The van der Waals surface area contributed by atoms with E-state index in [9.17, 15) is 18.4 Å². The summed E-state index contributed by atoms with van der Waals surface area (Å²) < 4.78 is 48.9. The molecular weight excluding hydrogens is 473 g/mol. The molecule has 0 bridgehead atoms. The highest BCUT2D eigenvalue weighted by Crippen LogP contribution is 2.26. The minimum Gasteiger partial charge on any atom is -0.369 e. The Balaban J connectivity index is 1.43. The summed E-state index contributed by atoms with van der Waals surface area (Å²) in [6, 6.07) is 11.0. The van der Waals surface area contributed by atoms with Gasteiger partial charge in [-0.3, -0.25) is 14.6 Å². The third-order valence-electron chi connectivity index (χ3n) is 5.73. The van der Waals surface area contributed by atoms with Crippen LogP contribution in [0.15, 0.2) is 60.8 Å². The normalized spacial score (nSPS) is 15.6. The van der Waals surface area contributed by atoms with Crippen molar-refractivity contribution in [3.05, 3.63) is 101 Å². The van der Waals surface area contributed by atoms with Crippen LogP contribution >= 0.6 is 0 Å². The highest BCUT2D eigenvalue weighted by Gasteiger charge is 2.24. The Morgan fingerprint density at radius 3 is 2.64 bits per heavy atom. The van der Waals surface area contributed by atoms with E-state index in [2.05, 4.69) is 20.6 Å². The van der Waals surface area contributed by atoms with Gasteiger partial charge in [-0.1, -0.05) is 6.07 Å². The molecule has 0 spiro atoms. The van der Waals surface area contributed by atoms with Crippen LogP contribution in [0.1, 0.15) is 38.1 Å². The SMILES string of the molecule is O=C(Nc1ccc(F)c(C(=O)c2ccc3nc(C4CNCCO4)cnc3c2)c1F)c1cccc(F)c1. The monoisotopic (exact) mass is 492 g/mol. The number of rotatable bonds is 5. The number of nitrogens with one attached hydrogen (secondary N) is 2. The molecule has 10 heteroatoms. The molecule has 182 valence electrons. The molecule has 2 N–H and O–H groups in total. The van der Waals surface area contributed by atoms with Gasteiger partial charge in [-0.25, -0.2) is 18.2 Å². The zero-order valence-corrected chi connectivity index (χ0v) is 18.7. The minimum atomic E-state index is -1.24. The summed E-state index contributed by atoms with van der Waals surface area (Å²) in [6.07, 6.45) is 1.29.